The molecule has 3 rings (SSSR count). The van der Waals surface area contributed by atoms with Gasteiger partial charge in [0.25, 0.3) is 0 Å². The van der Waals surface area contributed by atoms with E-state index in [1.807, 2.05) is 50.2 Å². The van der Waals surface area contributed by atoms with Crippen molar-refractivity contribution in [2.24, 2.45) is 0 Å². The van der Waals surface area contributed by atoms with Gasteiger partial charge >= 0.3 is 5.97 Å². The van der Waals surface area contributed by atoms with Crippen LogP contribution in [0.25, 0.3) is 11.1 Å². The van der Waals surface area contributed by atoms with Gasteiger partial charge in [-0.2, -0.15) is 0 Å². The first-order chi connectivity index (χ1) is 14.9. The Morgan fingerprint density at radius 3 is 2.77 bits per heavy atom. The first kappa shape index (κ1) is 22.6. The highest BCUT2D eigenvalue weighted by Gasteiger charge is 2.13. The molecule has 0 aliphatic carbocycles. The van der Waals surface area contributed by atoms with Crippen molar-refractivity contribution >= 4 is 17.6 Å². The summed E-state index contributed by atoms with van der Waals surface area (Å²) < 4.78 is 11.9. The maximum absolute atomic E-state index is 10.8. The molecule has 1 atom stereocenters. The quantitative estimate of drug-likeness (QED) is 0.457. The zero-order valence-electron chi connectivity index (χ0n) is 17.5. The molecule has 31 heavy (non-hydrogen) atoms. The van der Waals surface area contributed by atoms with Crippen LogP contribution in [0, 0.1) is 6.92 Å². The lowest BCUT2D eigenvalue weighted by molar-refractivity contribution is -0.136. The number of carbonyl (C=O) groups is 1. The Hall–Kier alpha value is -3.12. The van der Waals surface area contributed by atoms with Crippen molar-refractivity contribution < 1.29 is 19.4 Å². The largest absolute Gasteiger partial charge is 0.493 e. The van der Waals surface area contributed by atoms with Crippen LogP contribution in [0.15, 0.2) is 55.0 Å². The molecule has 0 fully saturated rings. The van der Waals surface area contributed by atoms with Gasteiger partial charge in [-0.25, -0.2) is 4.98 Å². The number of hydrogen-bond acceptors (Lipinski definition) is 5. The molecule has 0 aliphatic heterocycles. The summed E-state index contributed by atoms with van der Waals surface area (Å²) in [5, 5.41) is 9.37. The van der Waals surface area contributed by atoms with Gasteiger partial charge in [-0.05, 0) is 55.7 Å². The second kappa shape index (κ2) is 10.8. The lowest BCUT2D eigenvalue weighted by atomic mass is 10.0. The first-order valence-electron chi connectivity index (χ1n) is 10.1. The Kier molecular flexibility index (Phi) is 7.84. The van der Waals surface area contributed by atoms with Crippen molar-refractivity contribution in [3.05, 3.63) is 71.1 Å². The van der Waals surface area contributed by atoms with Gasteiger partial charge in [0.2, 0.25) is 5.88 Å². The molecular weight excluding hydrogens is 416 g/mol. The molecule has 1 aromatic carbocycles. The van der Waals surface area contributed by atoms with Gasteiger partial charge in [-0.15, -0.1) is 0 Å². The van der Waals surface area contributed by atoms with E-state index in [0.717, 1.165) is 28.0 Å². The van der Waals surface area contributed by atoms with E-state index in [-0.39, 0.29) is 12.5 Å². The van der Waals surface area contributed by atoms with E-state index < -0.39 is 5.97 Å². The van der Waals surface area contributed by atoms with E-state index in [1.54, 1.807) is 18.6 Å². The number of carboxylic acids is 1. The summed E-state index contributed by atoms with van der Waals surface area (Å²) in [6.45, 7) is 4.40. The van der Waals surface area contributed by atoms with E-state index in [1.165, 1.54) is 0 Å². The molecular formula is C24H25ClN2O4. The monoisotopic (exact) mass is 440 g/mol. The summed E-state index contributed by atoms with van der Waals surface area (Å²) in [6.07, 6.45) is 6.19. The van der Waals surface area contributed by atoms with Crippen LogP contribution in [-0.4, -0.2) is 33.8 Å². The minimum Gasteiger partial charge on any atom is -0.493 e. The number of nitrogens with zero attached hydrogens (tertiary/aromatic N) is 2. The minimum absolute atomic E-state index is 0.121. The second-order valence-electron chi connectivity index (χ2n) is 7.30. The van der Waals surface area contributed by atoms with E-state index in [2.05, 4.69) is 9.97 Å². The number of rotatable bonds is 10. The molecule has 6 nitrogen and oxygen atoms in total. The maximum atomic E-state index is 10.8. The number of aliphatic carboxylic acids is 1. The number of hydrogen-bond donors (Lipinski definition) is 1. The van der Waals surface area contributed by atoms with Crippen molar-refractivity contribution in [2.45, 2.75) is 39.2 Å². The van der Waals surface area contributed by atoms with E-state index in [4.69, 9.17) is 26.2 Å². The highest BCUT2D eigenvalue weighted by atomic mass is 35.5. The molecule has 7 heteroatoms. The lowest BCUT2D eigenvalue weighted by Crippen LogP contribution is -2.17. The summed E-state index contributed by atoms with van der Waals surface area (Å²) in [5.74, 6) is 0.462. The third-order valence-corrected chi connectivity index (χ3v) is 5.03. The van der Waals surface area contributed by atoms with Gasteiger partial charge in [-0.3, -0.25) is 9.78 Å². The molecule has 2 aromatic heterocycles. The minimum atomic E-state index is -0.796. The van der Waals surface area contributed by atoms with Crippen molar-refractivity contribution in [3.63, 3.8) is 0 Å². The predicted molar refractivity (Wildman–Crippen MR) is 120 cm³/mol. The Morgan fingerprint density at radius 1 is 1.23 bits per heavy atom. The SMILES string of the molecule is Cc1cc(OCC[C@H](C)Oc2ncc(Cl)cc2-c2cccnc2)ccc1CCC(=O)O. The molecule has 0 saturated heterocycles. The zero-order chi connectivity index (χ0) is 22.2. The molecule has 0 unspecified atom stereocenters. The van der Waals surface area contributed by atoms with E-state index in [9.17, 15) is 4.79 Å². The number of pyridine rings is 2. The fourth-order valence-corrected chi connectivity index (χ4v) is 3.28. The van der Waals surface area contributed by atoms with Crippen LogP contribution >= 0.6 is 11.6 Å². The van der Waals surface area contributed by atoms with Crippen LogP contribution in [-0.2, 0) is 11.2 Å². The van der Waals surface area contributed by atoms with E-state index >= 15 is 0 Å². The maximum Gasteiger partial charge on any atom is 0.303 e. The average molecular weight is 441 g/mol. The molecule has 1 N–H and O–H groups in total. The van der Waals surface area contributed by atoms with Gasteiger partial charge in [0, 0.05) is 42.6 Å². The van der Waals surface area contributed by atoms with Crippen LogP contribution < -0.4 is 9.47 Å². The zero-order valence-corrected chi connectivity index (χ0v) is 18.3. The van der Waals surface area contributed by atoms with Crippen LogP contribution in [0.3, 0.4) is 0 Å². The Balaban J connectivity index is 1.56. The number of aryl methyl sites for hydroxylation is 2. The average Bonchev–Trinajstić information content (AvgIpc) is 2.75. The highest BCUT2D eigenvalue weighted by Crippen LogP contribution is 2.31. The summed E-state index contributed by atoms with van der Waals surface area (Å²) >= 11 is 6.13. The van der Waals surface area contributed by atoms with Crippen LogP contribution in [0.4, 0.5) is 0 Å². The van der Waals surface area contributed by atoms with Gasteiger partial charge in [-0.1, -0.05) is 23.7 Å². The van der Waals surface area contributed by atoms with Gasteiger partial charge in [0.1, 0.15) is 11.9 Å². The predicted octanol–water partition coefficient (Wildman–Crippen LogP) is 5.36. The normalized spacial score (nSPS) is 11.7. The number of benzene rings is 1. The summed E-state index contributed by atoms with van der Waals surface area (Å²) in [7, 11) is 0. The molecule has 2 heterocycles. The Bertz CT molecular complexity index is 1030. The molecule has 0 spiro atoms. The molecule has 0 amide bonds. The molecule has 162 valence electrons. The summed E-state index contributed by atoms with van der Waals surface area (Å²) in [4.78, 5) is 19.3. The van der Waals surface area contributed by atoms with Crippen molar-refractivity contribution in [3.8, 4) is 22.8 Å². The third-order valence-electron chi connectivity index (χ3n) is 4.82. The van der Waals surface area contributed by atoms with Gasteiger partial charge in [0.15, 0.2) is 0 Å². The standard InChI is InChI=1S/C24H25ClN2O4/c1-16-12-21(7-5-18(16)6-8-23(28)29)30-11-9-17(2)31-24-22(13-20(25)15-27-24)19-4-3-10-26-14-19/h3-5,7,10,12-15,17H,6,8-9,11H2,1-2H3,(H,28,29)/t17-/m0/s1. The van der Waals surface area contributed by atoms with Crippen LogP contribution in [0.5, 0.6) is 11.6 Å². The topological polar surface area (TPSA) is 81.5 Å². The second-order valence-corrected chi connectivity index (χ2v) is 7.73. The molecule has 0 aliphatic rings. The van der Waals surface area contributed by atoms with Crippen LogP contribution in [0.2, 0.25) is 5.02 Å². The Labute approximate surface area is 186 Å². The fourth-order valence-electron chi connectivity index (χ4n) is 3.12. The number of aromatic nitrogens is 2. The summed E-state index contributed by atoms with van der Waals surface area (Å²) in [6, 6.07) is 11.3. The number of carboxylic acid groups (broad SMARTS) is 1. The van der Waals surface area contributed by atoms with Crippen molar-refractivity contribution in [1.29, 1.82) is 0 Å². The molecule has 0 bridgehead atoms. The van der Waals surface area contributed by atoms with Crippen molar-refractivity contribution in [1.82, 2.24) is 9.97 Å². The smallest absolute Gasteiger partial charge is 0.303 e. The lowest BCUT2D eigenvalue weighted by Gasteiger charge is -2.17. The van der Waals surface area contributed by atoms with Gasteiger partial charge < -0.3 is 14.6 Å². The van der Waals surface area contributed by atoms with E-state index in [0.29, 0.717) is 30.4 Å². The summed E-state index contributed by atoms with van der Waals surface area (Å²) in [5.41, 5.74) is 3.72. The first-order valence-corrected chi connectivity index (χ1v) is 10.5. The molecule has 0 saturated carbocycles. The van der Waals surface area contributed by atoms with Crippen LogP contribution in [0.1, 0.15) is 30.9 Å². The highest BCUT2D eigenvalue weighted by molar-refractivity contribution is 6.30. The Morgan fingerprint density at radius 2 is 2.06 bits per heavy atom. The number of ether oxygens (including phenoxy) is 2. The fraction of sp³-hybridized carbons (Fsp3) is 0.292. The van der Waals surface area contributed by atoms with Crippen molar-refractivity contribution in [2.75, 3.05) is 6.61 Å². The third kappa shape index (κ3) is 6.69. The molecule has 0 radical (unpaired) electrons. The number of halogens is 1. The van der Waals surface area contributed by atoms with Gasteiger partial charge in [0.05, 0.1) is 11.6 Å². The molecule has 3 aromatic rings.